The highest BCUT2D eigenvalue weighted by molar-refractivity contribution is 5.85. The molecule has 0 radical (unpaired) electrons. The van der Waals surface area contributed by atoms with E-state index in [4.69, 9.17) is 5.11 Å². The van der Waals surface area contributed by atoms with E-state index in [9.17, 15) is 4.79 Å². The quantitative estimate of drug-likeness (QED) is 0.672. The maximum Gasteiger partial charge on any atom is 0.320 e. The molecule has 0 aromatic heterocycles. The fourth-order valence-corrected chi connectivity index (χ4v) is 0.800. The van der Waals surface area contributed by atoms with E-state index in [1.54, 1.807) is 7.05 Å². The Morgan fingerprint density at radius 1 is 1.64 bits per heavy atom. The molecule has 1 atom stereocenters. The Hall–Kier alpha value is -0.280. The SMILES string of the molecule is CCCC[C@@H](NC)C(=O)O.Cl. The molecule has 4 heteroatoms. The summed E-state index contributed by atoms with van der Waals surface area (Å²) in [6, 6.07) is -0.361. The number of hydrogen-bond donors (Lipinski definition) is 2. The van der Waals surface area contributed by atoms with E-state index >= 15 is 0 Å². The number of hydrogen-bond acceptors (Lipinski definition) is 2. The van der Waals surface area contributed by atoms with E-state index in [0.717, 1.165) is 19.3 Å². The van der Waals surface area contributed by atoms with Crippen LogP contribution in [0, 0.1) is 0 Å². The summed E-state index contributed by atoms with van der Waals surface area (Å²) in [7, 11) is 1.68. The van der Waals surface area contributed by atoms with Crippen LogP contribution in [0.3, 0.4) is 0 Å². The lowest BCUT2D eigenvalue weighted by Crippen LogP contribution is -2.33. The number of halogens is 1. The molecule has 0 unspecified atom stereocenters. The van der Waals surface area contributed by atoms with Crippen molar-refractivity contribution in [3.63, 3.8) is 0 Å². The summed E-state index contributed by atoms with van der Waals surface area (Å²) in [5, 5.41) is 11.3. The molecule has 2 N–H and O–H groups in total. The number of nitrogens with one attached hydrogen (secondary N) is 1. The van der Waals surface area contributed by atoms with Crippen molar-refractivity contribution in [3.05, 3.63) is 0 Å². The molecule has 0 aromatic rings. The second-order valence-electron chi connectivity index (χ2n) is 2.32. The molecule has 0 fully saturated rings. The van der Waals surface area contributed by atoms with Gasteiger partial charge in [0.1, 0.15) is 6.04 Å². The molecule has 0 rings (SSSR count). The van der Waals surface area contributed by atoms with Gasteiger partial charge < -0.3 is 10.4 Å². The average molecular weight is 182 g/mol. The normalized spacial score (nSPS) is 11.8. The van der Waals surface area contributed by atoms with Crippen molar-refractivity contribution in [2.75, 3.05) is 7.05 Å². The van der Waals surface area contributed by atoms with Crippen molar-refractivity contribution in [1.82, 2.24) is 5.32 Å². The van der Waals surface area contributed by atoms with Crippen LogP contribution in [0.4, 0.5) is 0 Å². The van der Waals surface area contributed by atoms with Gasteiger partial charge in [0, 0.05) is 0 Å². The standard InChI is InChI=1S/C7H15NO2.ClH/c1-3-4-5-6(8-2)7(9)10;/h6,8H,3-5H2,1-2H3,(H,9,10);1H/t6-;/m1./s1. The molecular weight excluding hydrogens is 166 g/mol. The number of aliphatic carboxylic acids is 1. The fraction of sp³-hybridized carbons (Fsp3) is 0.857. The zero-order valence-electron chi connectivity index (χ0n) is 6.96. The van der Waals surface area contributed by atoms with Gasteiger partial charge in [-0.3, -0.25) is 4.79 Å². The molecule has 0 saturated carbocycles. The molecule has 0 amide bonds. The number of unbranched alkanes of at least 4 members (excludes halogenated alkanes) is 1. The van der Waals surface area contributed by atoms with Crippen LogP contribution in [-0.2, 0) is 4.79 Å². The zero-order valence-corrected chi connectivity index (χ0v) is 7.78. The molecule has 0 spiro atoms. The van der Waals surface area contributed by atoms with Crippen LogP contribution in [0.2, 0.25) is 0 Å². The Bertz CT molecular complexity index is 109. The van der Waals surface area contributed by atoms with Crippen molar-refractivity contribution in [2.45, 2.75) is 32.2 Å². The molecule has 0 bridgehead atoms. The molecule has 0 aromatic carbocycles. The van der Waals surface area contributed by atoms with E-state index < -0.39 is 5.97 Å². The molecule has 0 aliphatic rings. The first kappa shape index (κ1) is 13.3. The largest absolute Gasteiger partial charge is 0.480 e. The molecular formula is C7H16ClNO2. The Kier molecular flexibility index (Phi) is 9.47. The van der Waals surface area contributed by atoms with Gasteiger partial charge in [-0.05, 0) is 13.5 Å². The summed E-state index contributed by atoms with van der Waals surface area (Å²) in [6.07, 6.45) is 2.74. The lowest BCUT2D eigenvalue weighted by atomic mass is 10.1. The summed E-state index contributed by atoms with van der Waals surface area (Å²) in [4.78, 5) is 10.4. The van der Waals surface area contributed by atoms with E-state index in [-0.39, 0.29) is 18.4 Å². The Labute approximate surface area is 73.6 Å². The average Bonchev–Trinajstić information content (AvgIpc) is 1.89. The van der Waals surface area contributed by atoms with Crippen LogP contribution in [0.5, 0.6) is 0 Å². The molecule has 0 saturated heterocycles. The highest BCUT2D eigenvalue weighted by Crippen LogP contribution is 1.99. The second kappa shape index (κ2) is 7.82. The van der Waals surface area contributed by atoms with Crippen LogP contribution in [0.25, 0.3) is 0 Å². The predicted octanol–water partition coefficient (Wildman–Crippen LogP) is 1.27. The molecule has 0 aliphatic carbocycles. The van der Waals surface area contributed by atoms with Gasteiger partial charge in [0.2, 0.25) is 0 Å². The maximum absolute atomic E-state index is 10.4. The van der Waals surface area contributed by atoms with Gasteiger partial charge in [0.05, 0.1) is 0 Å². The molecule has 11 heavy (non-hydrogen) atoms. The second-order valence-corrected chi connectivity index (χ2v) is 2.32. The highest BCUT2D eigenvalue weighted by Gasteiger charge is 2.12. The summed E-state index contributed by atoms with van der Waals surface area (Å²) in [6.45, 7) is 2.05. The molecule has 0 heterocycles. The third-order valence-corrected chi connectivity index (χ3v) is 1.49. The van der Waals surface area contributed by atoms with Gasteiger partial charge in [-0.25, -0.2) is 0 Å². The molecule has 0 aliphatic heterocycles. The number of carboxylic acid groups (broad SMARTS) is 1. The van der Waals surface area contributed by atoms with Crippen LogP contribution >= 0.6 is 12.4 Å². The van der Waals surface area contributed by atoms with Crippen LogP contribution in [-0.4, -0.2) is 24.2 Å². The minimum absolute atomic E-state index is 0. The van der Waals surface area contributed by atoms with E-state index in [0.29, 0.717) is 0 Å². The van der Waals surface area contributed by atoms with E-state index in [2.05, 4.69) is 12.2 Å². The third kappa shape index (κ3) is 6.13. The Balaban J connectivity index is 0. The number of rotatable bonds is 5. The highest BCUT2D eigenvalue weighted by atomic mass is 35.5. The lowest BCUT2D eigenvalue weighted by Gasteiger charge is -2.08. The lowest BCUT2D eigenvalue weighted by molar-refractivity contribution is -0.139. The van der Waals surface area contributed by atoms with Crippen molar-refractivity contribution in [2.24, 2.45) is 0 Å². The third-order valence-electron chi connectivity index (χ3n) is 1.49. The first-order valence-electron chi connectivity index (χ1n) is 3.62. The number of carbonyl (C=O) groups is 1. The van der Waals surface area contributed by atoms with Crippen molar-refractivity contribution in [1.29, 1.82) is 0 Å². The van der Waals surface area contributed by atoms with E-state index in [1.165, 1.54) is 0 Å². The monoisotopic (exact) mass is 181 g/mol. The predicted molar refractivity (Wildman–Crippen MR) is 47.3 cm³/mol. The van der Waals surface area contributed by atoms with Crippen molar-refractivity contribution >= 4 is 18.4 Å². The summed E-state index contributed by atoms with van der Waals surface area (Å²) in [5.74, 6) is -0.754. The first-order valence-corrected chi connectivity index (χ1v) is 3.62. The summed E-state index contributed by atoms with van der Waals surface area (Å²) in [5.41, 5.74) is 0. The first-order chi connectivity index (χ1) is 4.72. The molecule has 68 valence electrons. The van der Waals surface area contributed by atoms with E-state index in [1.807, 2.05) is 0 Å². The number of carboxylic acids is 1. The number of likely N-dealkylation sites (N-methyl/N-ethyl adjacent to an activating group) is 1. The van der Waals surface area contributed by atoms with Gasteiger partial charge in [-0.1, -0.05) is 19.8 Å². The van der Waals surface area contributed by atoms with Crippen molar-refractivity contribution < 1.29 is 9.90 Å². The fourth-order valence-electron chi connectivity index (χ4n) is 0.800. The van der Waals surface area contributed by atoms with Gasteiger partial charge >= 0.3 is 5.97 Å². The van der Waals surface area contributed by atoms with Crippen LogP contribution in [0.1, 0.15) is 26.2 Å². The van der Waals surface area contributed by atoms with Crippen molar-refractivity contribution in [3.8, 4) is 0 Å². The van der Waals surface area contributed by atoms with Crippen LogP contribution in [0.15, 0.2) is 0 Å². The smallest absolute Gasteiger partial charge is 0.320 e. The van der Waals surface area contributed by atoms with Gasteiger partial charge in [-0.2, -0.15) is 0 Å². The minimum Gasteiger partial charge on any atom is -0.480 e. The Morgan fingerprint density at radius 2 is 2.18 bits per heavy atom. The topological polar surface area (TPSA) is 49.3 Å². The summed E-state index contributed by atoms with van der Waals surface area (Å²) >= 11 is 0. The van der Waals surface area contributed by atoms with Gasteiger partial charge in [0.25, 0.3) is 0 Å². The van der Waals surface area contributed by atoms with Gasteiger partial charge in [0.15, 0.2) is 0 Å². The van der Waals surface area contributed by atoms with Crippen LogP contribution < -0.4 is 5.32 Å². The Morgan fingerprint density at radius 3 is 2.45 bits per heavy atom. The molecule has 3 nitrogen and oxygen atoms in total. The zero-order chi connectivity index (χ0) is 7.98. The summed E-state index contributed by atoms with van der Waals surface area (Å²) < 4.78 is 0. The minimum atomic E-state index is -0.754. The maximum atomic E-state index is 10.4. The van der Waals surface area contributed by atoms with Gasteiger partial charge in [-0.15, -0.1) is 12.4 Å².